The maximum atomic E-state index is 12.9. The summed E-state index contributed by atoms with van der Waals surface area (Å²) < 4.78 is 2.03. The summed E-state index contributed by atoms with van der Waals surface area (Å²) in [5, 5.41) is 6.69. The fourth-order valence-corrected chi connectivity index (χ4v) is 5.01. The van der Waals surface area contributed by atoms with Crippen LogP contribution in [0.4, 0.5) is 5.69 Å². The van der Waals surface area contributed by atoms with Gasteiger partial charge in [0.05, 0.1) is 13.1 Å². The van der Waals surface area contributed by atoms with Crippen molar-refractivity contribution >= 4 is 11.6 Å². The Kier molecular flexibility index (Phi) is 8.63. The average Bonchev–Trinajstić information content (AvgIpc) is 3.61. The van der Waals surface area contributed by atoms with E-state index in [0.717, 1.165) is 29.4 Å². The summed E-state index contributed by atoms with van der Waals surface area (Å²) in [6.45, 7) is 2.95. The third-order valence-corrected chi connectivity index (χ3v) is 7.25. The van der Waals surface area contributed by atoms with Crippen molar-refractivity contribution in [2.75, 3.05) is 5.32 Å². The summed E-state index contributed by atoms with van der Waals surface area (Å²) in [7, 11) is 2.00. The van der Waals surface area contributed by atoms with Crippen LogP contribution in [-0.4, -0.2) is 36.4 Å². The zero-order chi connectivity index (χ0) is 26.2. The lowest BCUT2D eigenvalue weighted by molar-refractivity contribution is 0.102. The van der Waals surface area contributed by atoms with E-state index >= 15 is 0 Å². The Balaban J connectivity index is 1.15. The lowest BCUT2D eigenvalue weighted by Gasteiger charge is -2.22. The lowest BCUT2D eigenvalue weighted by Crippen LogP contribution is -2.30. The number of nitrogens with one attached hydrogen (secondary N) is 3. The van der Waals surface area contributed by atoms with Gasteiger partial charge in [0.1, 0.15) is 11.6 Å². The highest BCUT2D eigenvalue weighted by Crippen LogP contribution is 2.19. The molecule has 2 aromatic carbocycles. The number of carbonyl (C=O) groups is 1. The van der Waals surface area contributed by atoms with Crippen LogP contribution < -0.4 is 10.6 Å². The molecule has 0 spiro atoms. The van der Waals surface area contributed by atoms with Crippen LogP contribution in [0.1, 0.15) is 65.2 Å². The zero-order valence-corrected chi connectivity index (χ0v) is 22.1. The molecule has 4 aromatic rings. The van der Waals surface area contributed by atoms with Crippen molar-refractivity contribution in [2.45, 2.75) is 64.3 Å². The Morgan fingerprint density at radius 3 is 2.39 bits per heavy atom. The minimum absolute atomic E-state index is 0.106. The smallest absolute Gasteiger partial charge is 0.255 e. The van der Waals surface area contributed by atoms with E-state index in [9.17, 15) is 4.79 Å². The molecule has 1 amide bonds. The van der Waals surface area contributed by atoms with Gasteiger partial charge < -0.3 is 20.2 Å². The highest BCUT2D eigenvalue weighted by Gasteiger charge is 2.14. The second kappa shape index (κ2) is 12.7. The summed E-state index contributed by atoms with van der Waals surface area (Å²) in [5.41, 5.74) is 3.80. The molecule has 38 heavy (non-hydrogen) atoms. The van der Waals surface area contributed by atoms with Crippen molar-refractivity contribution in [1.29, 1.82) is 0 Å². The maximum absolute atomic E-state index is 12.9. The highest BCUT2D eigenvalue weighted by molar-refractivity contribution is 6.04. The molecule has 0 radical (unpaired) electrons. The number of hydrogen-bond acceptors (Lipinski definition) is 5. The quantitative estimate of drug-likeness (QED) is 0.263. The molecule has 0 saturated heterocycles. The van der Waals surface area contributed by atoms with E-state index in [4.69, 9.17) is 0 Å². The van der Waals surface area contributed by atoms with Crippen LogP contribution in [0.25, 0.3) is 0 Å². The van der Waals surface area contributed by atoms with Gasteiger partial charge >= 0.3 is 0 Å². The lowest BCUT2D eigenvalue weighted by atomic mass is 9.95. The number of aromatic nitrogens is 4. The molecule has 5 rings (SSSR count). The van der Waals surface area contributed by atoms with Crippen molar-refractivity contribution in [3.63, 3.8) is 0 Å². The average molecular weight is 512 g/mol. The number of rotatable bonds is 11. The minimum atomic E-state index is -0.106. The Morgan fingerprint density at radius 1 is 0.947 bits per heavy atom. The van der Waals surface area contributed by atoms with Gasteiger partial charge in [0.2, 0.25) is 0 Å². The largest absolute Gasteiger partial charge is 0.348 e. The van der Waals surface area contributed by atoms with Crippen LogP contribution in [0.3, 0.4) is 0 Å². The summed E-state index contributed by atoms with van der Waals surface area (Å²) in [5.74, 6) is 1.79. The van der Waals surface area contributed by atoms with Gasteiger partial charge in [-0.2, -0.15) is 0 Å². The number of aromatic amines is 1. The first-order valence-corrected chi connectivity index (χ1v) is 13.5. The van der Waals surface area contributed by atoms with Gasteiger partial charge in [-0.3, -0.25) is 9.69 Å². The van der Waals surface area contributed by atoms with Crippen LogP contribution in [0.2, 0.25) is 0 Å². The van der Waals surface area contributed by atoms with Gasteiger partial charge in [0, 0.05) is 62.2 Å². The molecule has 8 heteroatoms. The molecule has 2 heterocycles. The van der Waals surface area contributed by atoms with E-state index in [0.29, 0.717) is 31.2 Å². The fourth-order valence-electron chi connectivity index (χ4n) is 5.01. The van der Waals surface area contributed by atoms with Gasteiger partial charge in [-0.25, -0.2) is 9.97 Å². The Morgan fingerprint density at radius 2 is 1.71 bits per heavy atom. The number of aryl methyl sites for hydroxylation is 1. The van der Waals surface area contributed by atoms with Gasteiger partial charge in [-0.1, -0.05) is 43.5 Å². The molecule has 198 valence electrons. The summed E-state index contributed by atoms with van der Waals surface area (Å²) in [4.78, 5) is 27.2. The second-order valence-corrected chi connectivity index (χ2v) is 10.2. The predicted molar refractivity (Wildman–Crippen MR) is 149 cm³/mol. The van der Waals surface area contributed by atoms with Crippen molar-refractivity contribution in [1.82, 2.24) is 29.7 Å². The molecule has 2 aromatic heterocycles. The van der Waals surface area contributed by atoms with E-state index < -0.39 is 0 Å². The molecule has 0 aliphatic heterocycles. The maximum Gasteiger partial charge on any atom is 0.255 e. The first-order chi connectivity index (χ1) is 18.6. The van der Waals surface area contributed by atoms with Gasteiger partial charge in [0.25, 0.3) is 5.91 Å². The predicted octanol–water partition coefficient (Wildman–Crippen LogP) is 5.02. The second-order valence-electron chi connectivity index (χ2n) is 10.2. The SMILES string of the molecule is Cn1ccnc1CN(Cc1ccc(C(=O)Nc2ccc(CNC3CCCCC3)cc2)cc1)Cc1ncc[nH]1. The normalized spacial score (nSPS) is 14.2. The molecular formula is C30H37N7O. The molecule has 1 aliphatic carbocycles. The Labute approximate surface area is 224 Å². The topological polar surface area (TPSA) is 90.9 Å². The molecule has 0 atom stereocenters. The zero-order valence-electron chi connectivity index (χ0n) is 22.1. The van der Waals surface area contributed by atoms with Crippen LogP contribution in [0.15, 0.2) is 73.3 Å². The van der Waals surface area contributed by atoms with E-state index in [1.165, 1.54) is 37.7 Å². The number of amides is 1. The molecule has 1 saturated carbocycles. The standard InChI is InChI=1S/C30H37N7O/c1-36-18-17-33-29(36)22-37(21-28-31-15-16-32-28)20-24-7-11-25(12-8-24)30(38)35-27-13-9-23(10-14-27)19-34-26-5-3-2-4-6-26/h7-18,26,34H,2-6,19-22H2,1H3,(H,31,32)(H,35,38). The van der Waals surface area contributed by atoms with Crippen LogP contribution in [0.5, 0.6) is 0 Å². The first-order valence-electron chi connectivity index (χ1n) is 13.5. The van der Waals surface area contributed by atoms with Crippen molar-refractivity contribution in [3.8, 4) is 0 Å². The number of hydrogen-bond donors (Lipinski definition) is 3. The fraction of sp³-hybridized carbons (Fsp3) is 0.367. The number of imidazole rings is 2. The first kappa shape index (κ1) is 25.9. The monoisotopic (exact) mass is 511 g/mol. The number of carbonyl (C=O) groups excluding carboxylic acids is 1. The molecule has 3 N–H and O–H groups in total. The Hall–Kier alpha value is -3.75. The van der Waals surface area contributed by atoms with Crippen LogP contribution in [0, 0.1) is 0 Å². The number of nitrogens with zero attached hydrogens (tertiary/aromatic N) is 4. The van der Waals surface area contributed by atoms with Crippen molar-refractivity contribution in [2.24, 2.45) is 7.05 Å². The van der Waals surface area contributed by atoms with Crippen molar-refractivity contribution in [3.05, 3.63) is 102 Å². The number of benzene rings is 2. The highest BCUT2D eigenvalue weighted by atomic mass is 16.1. The number of H-pyrrole nitrogens is 1. The van der Waals surface area contributed by atoms with Gasteiger partial charge in [-0.05, 0) is 48.2 Å². The van der Waals surface area contributed by atoms with E-state index in [1.807, 2.05) is 66.6 Å². The van der Waals surface area contributed by atoms with Crippen LogP contribution in [-0.2, 0) is 33.2 Å². The Bertz CT molecular complexity index is 1270. The number of anilines is 1. The third kappa shape index (κ3) is 7.18. The molecule has 0 bridgehead atoms. The van der Waals surface area contributed by atoms with Crippen LogP contribution >= 0.6 is 0 Å². The third-order valence-electron chi connectivity index (χ3n) is 7.25. The molecule has 1 aliphatic rings. The van der Waals surface area contributed by atoms with Gasteiger partial charge in [-0.15, -0.1) is 0 Å². The minimum Gasteiger partial charge on any atom is -0.348 e. The molecule has 8 nitrogen and oxygen atoms in total. The van der Waals surface area contributed by atoms with E-state index in [-0.39, 0.29) is 5.91 Å². The van der Waals surface area contributed by atoms with E-state index in [1.54, 1.807) is 6.20 Å². The molecule has 0 unspecified atom stereocenters. The van der Waals surface area contributed by atoms with E-state index in [2.05, 4.69) is 42.6 Å². The summed E-state index contributed by atoms with van der Waals surface area (Å²) in [6.07, 6.45) is 14.0. The van der Waals surface area contributed by atoms with Gasteiger partial charge in [0.15, 0.2) is 0 Å². The van der Waals surface area contributed by atoms with Crippen molar-refractivity contribution < 1.29 is 4.79 Å². The molecular weight excluding hydrogens is 474 g/mol. The summed E-state index contributed by atoms with van der Waals surface area (Å²) in [6, 6.07) is 16.6. The summed E-state index contributed by atoms with van der Waals surface area (Å²) >= 11 is 0. The molecule has 1 fully saturated rings.